The van der Waals surface area contributed by atoms with Crippen LogP contribution in [0.25, 0.3) is 0 Å². The maximum Gasteiger partial charge on any atom is 0.243 e. The Morgan fingerprint density at radius 3 is 2.46 bits per heavy atom. The van der Waals surface area contributed by atoms with E-state index in [-0.39, 0.29) is 29.1 Å². The van der Waals surface area contributed by atoms with E-state index in [0.29, 0.717) is 30.1 Å². The molecule has 0 heterocycles. The van der Waals surface area contributed by atoms with E-state index < -0.39 is 6.04 Å². The van der Waals surface area contributed by atoms with Crippen LogP contribution in [-0.2, 0) is 28.3 Å². The van der Waals surface area contributed by atoms with Crippen LogP contribution in [0.2, 0.25) is 5.02 Å². The molecule has 0 aliphatic rings. The summed E-state index contributed by atoms with van der Waals surface area (Å²) in [6, 6.07) is 21.5. The highest BCUT2D eigenvalue weighted by Crippen LogP contribution is 2.25. The fraction of sp³-hybridized carbons (Fsp3) is 0.333. The molecule has 0 aliphatic heterocycles. The Labute approximate surface area is 228 Å². The third kappa shape index (κ3) is 8.61. The van der Waals surface area contributed by atoms with Crippen LogP contribution in [-0.4, -0.2) is 35.1 Å². The molecule has 7 heteroatoms. The van der Waals surface area contributed by atoms with Crippen molar-refractivity contribution in [2.24, 2.45) is 0 Å². The molecule has 0 aromatic heterocycles. The molecule has 1 N–H and O–H groups in total. The highest BCUT2D eigenvalue weighted by Gasteiger charge is 2.30. The number of nitrogens with zero attached hydrogens (tertiary/aromatic N) is 1. The number of unbranched alkanes of at least 4 members (excludes halogenated alkanes) is 1. The summed E-state index contributed by atoms with van der Waals surface area (Å²) < 4.78 is 14.2. The van der Waals surface area contributed by atoms with E-state index in [1.54, 1.807) is 17.0 Å². The molecule has 0 bridgehead atoms. The van der Waals surface area contributed by atoms with Gasteiger partial charge in [-0.05, 0) is 42.2 Å². The van der Waals surface area contributed by atoms with Gasteiger partial charge in [0.05, 0.1) is 5.75 Å². The average Bonchev–Trinajstić information content (AvgIpc) is 2.89. The van der Waals surface area contributed by atoms with Gasteiger partial charge in [0.15, 0.2) is 0 Å². The van der Waals surface area contributed by atoms with Gasteiger partial charge in [0.2, 0.25) is 11.8 Å². The predicted octanol–water partition coefficient (Wildman–Crippen LogP) is 6.58. The summed E-state index contributed by atoms with van der Waals surface area (Å²) in [5, 5.41) is 3.37. The minimum atomic E-state index is -0.677. The minimum absolute atomic E-state index is 0.101. The van der Waals surface area contributed by atoms with Crippen LogP contribution in [0, 0.1) is 12.7 Å². The quantitative estimate of drug-likeness (QED) is 0.249. The summed E-state index contributed by atoms with van der Waals surface area (Å²) in [5.41, 5.74) is 3.39. The fourth-order valence-electron chi connectivity index (χ4n) is 4.02. The lowest BCUT2D eigenvalue weighted by molar-refractivity contribution is -0.139. The maximum atomic E-state index is 14.2. The highest BCUT2D eigenvalue weighted by molar-refractivity contribution is 7.99. The number of rotatable bonds is 13. The van der Waals surface area contributed by atoms with E-state index in [1.807, 2.05) is 61.5 Å². The lowest BCUT2D eigenvalue weighted by Crippen LogP contribution is -2.51. The van der Waals surface area contributed by atoms with Gasteiger partial charge in [0.25, 0.3) is 0 Å². The van der Waals surface area contributed by atoms with Gasteiger partial charge in [-0.25, -0.2) is 4.39 Å². The molecule has 0 fully saturated rings. The summed E-state index contributed by atoms with van der Waals surface area (Å²) in [6.45, 7) is 4.94. The molecule has 3 rings (SSSR count). The van der Waals surface area contributed by atoms with Crippen molar-refractivity contribution in [3.63, 3.8) is 0 Å². The largest absolute Gasteiger partial charge is 0.354 e. The number of carbonyl (C=O) groups is 2. The number of halogens is 2. The molecule has 0 aliphatic carbocycles. The third-order valence-electron chi connectivity index (χ3n) is 6.24. The molecule has 37 heavy (non-hydrogen) atoms. The molecule has 0 spiro atoms. The zero-order valence-electron chi connectivity index (χ0n) is 21.4. The van der Waals surface area contributed by atoms with Crippen LogP contribution in [0.4, 0.5) is 4.39 Å². The van der Waals surface area contributed by atoms with Crippen molar-refractivity contribution >= 4 is 35.2 Å². The Balaban J connectivity index is 1.86. The van der Waals surface area contributed by atoms with Crippen LogP contribution in [0.5, 0.6) is 0 Å². The molecule has 0 radical (unpaired) electrons. The molecular weight excluding hydrogens is 507 g/mol. The second-order valence-corrected chi connectivity index (χ2v) is 10.4. The molecule has 3 aromatic rings. The van der Waals surface area contributed by atoms with Crippen molar-refractivity contribution in [3.05, 3.63) is 106 Å². The number of nitrogens with one attached hydrogen (secondary N) is 1. The molecule has 3 aromatic carbocycles. The number of hydrogen-bond donors (Lipinski definition) is 1. The predicted molar refractivity (Wildman–Crippen MR) is 151 cm³/mol. The molecular formula is C30H34ClFN2O2S. The van der Waals surface area contributed by atoms with Crippen molar-refractivity contribution in [1.82, 2.24) is 10.2 Å². The molecule has 0 saturated heterocycles. The topological polar surface area (TPSA) is 49.4 Å². The van der Waals surface area contributed by atoms with Crippen LogP contribution in [0.15, 0.2) is 72.8 Å². The molecule has 4 nitrogen and oxygen atoms in total. The van der Waals surface area contributed by atoms with Crippen molar-refractivity contribution in [2.45, 2.75) is 51.4 Å². The number of thioether (sulfide) groups is 1. The van der Waals surface area contributed by atoms with Crippen molar-refractivity contribution in [1.29, 1.82) is 0 Å². The Kier molecular flexibility index (Phi) is 11.5. The second-order valence-electron chi connectivity index (χ2n) is 8.99. The zero-order valence-corrected chi connectivity index (χ0v) is 23.0. The van der Waals surface area contributed by atoms with Gasteiger partial charge in [0.1, 0.15) is 11.9 Å². The Hall–Kier alpha value is -2.83. The normalized spacial score (nSPS) is 11.7. The first kappa shape index (κ1) is 28.7. The summed E-state index contributed by atoms with van der Waals surface area (Å²) in [6.07, 6.45) is 2.24. The standard InChI is InChI=1S/C30H34ClFN2O2S/c1-3-4-17-33-30(36)28(18-23-12-6-5-7-13-23)34(19-24-14-9-8-11-22(24)2)29(35)21-37-20-25-26(31)15-10-16-27(25)32/h5-16,28H,3-4,17-21H2,1-2H3,(H,33,36)/t28-/m0/s1. The van der Waals surface area contributed by atoms with E-state index in [0.717, 1.165) is 29.5 Å². The van der Waals surface area contributed by atoms with E-state index in [4.69, 9.17) is 11.6 Å². The van der Waals surface area contributed by atoms with Crippen LogP contribution in [0.3, 0.4) is 0 Å². The number of amides is 2. The molecule has 0 saturated carbocycles. The van der Waals surface area contributed by atoms with Gasteiger partial charge in [0, 0.05) is 35.8 Å². The summed E-state index contributed by atoms with van der Waals surface area (Å²) in [4.78, 5) is 28.8. The number of benzene rings is 3. The third-order valence-corrected chi connectivity index (χ3v) is 7.53. The number of carbonyl (C=O) groups excluding carboxylic acids is 2. The Bertz CT molecular complexity index is 1160. The summed E-state index contributed by atoms with van der Waals surface area (Å²) >= 11 is 7.47. The Morgan fingerprint density at radius 2 is 1.76 bits per heavy atom. The van der Waals surface area contributed by atoms with E-state index >= 15 is 0 Å². The van der Waals surface area contributed by atoms with E-state index in [1.165, 1.54) is 17.8 Å². The van der Waals surface area contributed by atoms with Gasteiger partial charge in [-0.3, -0.25) is 9.59 Å². The highest BCUT2D eigenvalue weighted by atomic mass is 35.5. The molecule has 0 unspecified atom stereocenters. The Morgan fingerprint density at radius 1 is 1.03 bits per heavy atom. The fourth-order valence-corrected chi connectivity index (χ4v) is 5.27. The zero-order chi connectivity index (χ0) is 26.6. The van der Waals surface area contributed by atoms with Crippen LogP contribution in [0.1, 0.15) is 42.0 Å². The van der Waals surface area contributed by atoms with E-state index in [2.05, 4.69) is 12.2 Å². The first-order valence-electron chi connectivity index (χ1n) is 12.6. The van der Waals surface area contributed by atoms with Gasteiger partial charge < -0.3 is 10.2 Å². The number of hydrogen-bond acceptors (Lipinski definition) is 3. The monoisotopic (exact) mass is 540 g/mol. The molecule has 2 amide bonds. The van der Waals surface area contributed by atoms with Gasteiger partial charge in [-0.1, -0.05) is 85.6 Å². The maximum absolute atomic E-state index is 14.2. The lowest BCUT2D eigenvalue weighted by Gasteiger charge is -2.32. The minimum Gasteiger partial charge on any atom is -0.354 e. The lowest BCUT2D eigenvalue weighted by atomic mass is 10.0. The van der Waals surface area contributed by atoms with Gasteiger partial charge in [-0.2, -0.15) is 0 Å². The van der Waals surface area contributed by atoms with Crippen molar-refractivity contribution < 1.29 is 14.0 Å². The SMILES string of the molecule is CCCCNC(=O)[C@H](Cc1ccccc1)N(Cc1ccccc1C)C(=O)CSCc1c(F)cccc1Cl. The number of aryl methyl sites for hydroxylation is 1. The van der Waals surface area contributed by atoms with Crippen molar-refractivity contribution in [2.75, 3.05) is 12.3 Å². The van der Waals surface area contributed by atoms with Crippen LogP contribution >= 0.6 is 23.4 Å². The van der Waals surface area contributed by atoms with Gasteiger partial charge in [-0.15, -0.1) is 11.8 Å². The molecule has 196 valence electrons. The smallest absolute Gasteiger partial charge is 0.243 e. The second kappa shape index (κ2) is 14.8. The van der Waals surface area contributed by atoms with E-state index in [9.17, 15) is 14.0 Å². The molecule has 1 atom stereocenters. The first-order chi connectivity index (χ1) is 17.9. The van der Waals surface area contributed by atoms with Gasteiger partial charge >= 0.3 is 0 Å². The summed E-state index contributed by atoms with van der Waals surface area (Å²) in [7, 11) is 0. The van der Waals surface area contributed by atoms with Crippen molar-refractivity contribution in [3.8, 4) is 0 Å². The van der Waals surface area contributed by atoms with Crippen LogP contribution < -0.4 is 5.32 Å². The average molecular weight is 541 g/mol. The first-order valence-corrected chi connectivity index (χ1v) is 14.1. The summed E-state index contributed by atoms with van der Waals surface area (Å²) in [5.74, 6) is -0.360.